The largest absolute Gasteiger partial charge is 0.480 e. The molecule has 0 aromatic carbocycles. The Morgan fingerprint density at radius 3 is 2.71 bits per heavy atom. The Hall–Kier alpha value is -1.36. The normalized spacial score (nSPS) is 11.8. The summed E-state index contributed by atoms with van der Waals surface area (Å²) in [6.45, 7) is 4.68. The van der Waals surface area contributed by atoms with Gasteiger partial charge in [0.25, 0.3) is 0 Å². The van der Waals surface area contributed by atoms with Crippen LogP contribution in [0.3, 0.4) is 0 Å². The summed E-state index contributed by atoms with van der Waals surface area (Å²) in [4.78, 5) is 21.1. The molecule has 0 aliphatic carbocycles. The average Bonchev–Trinajstić information content (AvgIpc) is 2.03. The Morgan fingerprint density at radius 2 is 2.21 bits per heavy atom. The van der Waals surface area contributed by atoms with Crippen LogP contribution in [-0.4, -0.2) is 36.2 Å². The van der Waals surface area contributed by atoms with E-state index >= 15 is 0 Å². The first-order chi connectivity index (χ1) is 6.56. The van der Waals surface area contributed by atoms with Crippen molar-refractivity contribution in [3.63, 3.8) is 0 Å². The maximum Gasteiger partial charge on any atom is 0.329 e. The van der Waals surface area contributed by atoms with Crippen LogP contribution in [0, 0.1) is 0 Å². The zero-order valence-corrected chi connectivity index (χ0v) is 8.16. The predicted octanol–water partition coefficient (Wildman–Crippen LogP) is 0.168. The quantitative estimate of drug-likeness (QED) is 0.576. The number of rotatable bonds is 7. The van der Waals surface area contributed by atoms with Gasteiger partial charge in [-0.05, 0) is 13.3 Å². The monoisotopic (exact) mass is 201 g/mol. The number of amides is 1. The zero-order valence-electron chi connectivity index (χ0n) is 8.16. The van der Waals surface area contributed by atoms with Gasteiger partial charge in [-0.3, -0.25) is 4.79 Å². The molecule has 0 radical (unpaired) electrons. The lowest BCUT2D eigenvalue weighted by atomic mass is 10.2. The molecule has 0 fully saturated rings. The van der Waals surface area contributed by atoms with Crippen LogP contribution in [0.2, 0.25) is 0 Å². The van der Waals surface area contributed by atoms with Crippen molar-refractivity contribution in [3.05, 3.63) is 12.7 Å². The maximum absolute atomic E-state index is 11.0. The van der Waals surface area contributed by atoms with E-state index in [1.807, 2.05) is 6.92 Å². The van der Waals surface area contributed by atoms with Crippen molar-refractivity contribution in [2.24, 2.45) is 0 Å². The van der Waals surface area contributed by atoms with E-state index in [1.54, 1.807) is 6.08 Å². The van der Waals surface area contributed by atoms with Gasteiger partial charge >= 0.3 is 5.97 Å². The second-order valence-electron chi connectivity index (χ2n) is 2.88. The molecular formula is C9H15NO4. The highest BCUT2D eigenvalue weighted by Crippen LogP contribution is 1.90. The lowest BCUT2D eigenvalue weighted by molar-refractivity contribution is -0.143. The number of hydrogen-bond acceptors (Lipinski definition) is 3. The number of carbonyl (C=O) groups excluding carboxylic acids is 1. The number of carbonyl (C=O) groups is 2. The van der Waals surface area contributed by atoms with Crippen LogP contribution in [0.25, 0.3) is 0 Å². The van der Waals surface area contributed by atoms with E-state index in [1.165, 1.54) is 0 Å². The third-order valence-electron chi connectivity index (χ3n) is 1.39. The van der Waals surface area contributed by atoms with Crippen molar-refractivity contribution >= 4 is 11.9 Å². The Morgan fingerprint density at radius 1 is 1.57 bits per heavy atom. The summed E-state index contributed by atoms with van der Waals surface area (Å²) in [7, 11) is 0. The van der Waals surface area contributed by atoms with Crippen molar-refractivity contribution in [1.82, 2.24) is 5.32 Å². The van der Waals surface area contributed by atoms with Crippen molar-refractivity contribution in [1.29, 1.82) is 0 Å². The van der Waals surface area contributed by atoms with Crippen LogP contribution in [0.1, 0.15) is 13.3 Å². The van der Waals surface area contributed by atoms with Gasteiger partial charge in [-0.2, -0.15) is 0 Å². The minimum atomic E-state index is -1.09. The molecule has 0 saturated heterocycles. The number of hydrogen-bond donors (Lipinski definition) is 2. The zero-order chi connectivity index (χ0) is 11.0. The second kappa shape index (κ2) is 7.08. The number of nitrogens with one attached hydrogen (secondary N) is 1. The number of aliphatic carboxylic acids is 1. The molecule has 14 heavy (non-hydrogen) atoms. The van der Waals surface area contributed by atoms with Crippen molar-refractivity contribution < 1.29 is 19.4 Å². The van der Waals surface area contributed by atoms with Gasteiger partial charge < -0.3 is 15.2 Å². The Bertz CT molecular complexity index is 215. The standard InChI is InChI=1S/C9H15NO4/c1-3-4-7(2)10-8(11)5-14-6-9(12)13/h3,7H,1,4-6H2,2H3,(H,10,11)(H,12,13). The SMILES string of the molecule is C=CCC(C)NC(=O)COCC(=O)O. The third kappa shape index (κ3) is 7.30. The minimum Gasteiger partial charge on any atom is -0.480 e. The number of carboxylic acid groups (broad SMARTS) is 1. The summed E-state index contributed by atoms with van der Waals surface area (Å²) < 4.78 is 4.60. The molecule has 1 amide bonds. The van der Waals surface area contributed by atoms with E-state index in [2.05, 4.69) is 16.6 Å². The summed E-state index contributed by atoms with van der Waals surface area (Å²) in [5, 5.41) is 10.8. The molecule has 0 aromatic rings. The van der Waals surface area contributed by atoms with E-state index in [0.29, 0.717) is 6.42 Å². The third-order valence-corrected chi connectivity index (χ3v) is 1.39. The highest BCUT2D eigenvalue weighted by atomic mass is 16.5. The van der Waals surface area contributed by atoms with Crippen LogP contribution < -0.4 is 5.32 Å². The Labute approximate surface area is 82.7 Å². The van der Waals surface area contributed by atoms with Gasteiger partial charge in [-0.1, -0.05) is 6.08 Å². The van der Waals surface area contributed by atoms with Crippen molar-refractivity contribution in [3.8, 4) is 0 Å². The van der Waals surface area contributed by atoms with E-state index in [9.17, 15) is 9.59 Å². The summed E-state index contributed by atoms with van der Waals surface area (Å²) >= 11 is 0. The fraction of sp³-hybridized carbons (Fsp3) is 0.556. The topological polar surface area (TPSA) is 75.6 Å². The summed E-state index contributed by atoms with van der Waals surface area (Å²) in [6, 6.07) is -0.00609. The van der Waals surface area contributed by atoms with Gasteiger partial charge in [0.05, 0.1) is 0 Å². The summed E-state index contributed by atoms with van der Waals surface area (Å²) in [5.41, 5.74) is 0. The fourth-order valence-corrected chi connectivity index (χ4v) is 0.856. The summed E-state index contributed by atoms with van der Waals surface area (Å²) in [6.07, 6.45) is 2.37. The molecule has 2 N–H and O–H groups in total. The molecule has 0 spiro atoms. The second-order valence-corrected chi connectivity index (χ2v) is 2.88. The minimum absolute atomic E-state index is 0.00609. The lowest BCUT2D eigenvalue weighted by Crippen LogP contribution is -2.35. The molecular weight excluding hydrogens is 186 g/mol. The molecule has 0 aliphatic rings. The van der Waals surface area contributed by atoms with Crippen LogP contribution >= 0.6 is 0 Å². The molecule has 0 bridgehead atoms. The molecule has 5 heteroatoms. The molecule has 1 atom stereocenters. The smallest absolute Gasteiger partial charge is 0.329 e. The van der Waals surface area contributed by atoms with Crippen LogP contribution in [-0.2, 0) is 14.3 Å². The molecule has 0 aromatic heterocycles. The highest BCUT2D eigenvalue weighted by molar-refractivity contribution is 5.78. The van der Waals surface area contributed by atoms with Gasteiger partial charge in [0.2, 0.25) is 5.91 Å². The Kier molecular flexibility index (Phi) is 6.39. The molecule has 1 unspecified atom stereocenters. The van der Waals surface area contributed by atoms with Crippen LogP contribution in [0.15, 0.2) is 12.7 Å². The molecule has 0 aliphatic heterocycles. The number of carboxylic acids is 1. The van der Waals surface area contributed by atoms with Gasteiger partial charge in [0.15, 0.2) is 0 Å². The van der Waals surface area contributed by atoms with Crippen molar-refractivity contribution in [2.75, 3.05) is 13.2 Å². The van der Waals surface area contributed by atoms with Gasteiger partial charge in [0, 0.05) is 6.04 Å². The molecule has 0 rings (SSSR count). The average molecular weight is 201 g/mol. The van der Waals surface area contributed by atoms with Crippen LogP contribution in [0.5, 0.6) is 0 Å². The van der Waals surface area contributed by atoms with E-state index < -0.39 is 12.6 Å². The van der Waals surface area contributed by atoms with Crippen molar-refractivity contribution in [2.45, 2.75) is 19.4 Å². The van der Waals surface area contributed by atoms with Crippen LogP contribution in [0.4, 0.5) is 0 Å². The molecule has 0 saturated carbocycles. The lowest BCUT2D eigenvalue weighted by Gasteiger charge is -2.10. The Balaban J connectivity index is 3.54. The van der Waals surface area contributed by atoms with Gasteiger partial charge in [-0.15, -0.1) is 6.58 Å². The maximum atomic E-state index is 11.0. The van der Waals surface area contributed by atoms with E-state index in [4.69, 9.17) is 5.11 Å². The number of ether oxygens (including phenoxy) is 1. The predicted molar refractivity (Wildman–Crippen MR) is 50.9 cm³/mol. The summed E-state index contributed by atoms with van der Waals surface area (Å²) in [5.74, 6) is -1.41. The molecule has 80 valence electrons. The first-order valence-electron chi connectivity index (χ1n) is 4.26. The fourth-order valence-electron chi connectivity index (χ4n) is 0.856. The highest BCUT2D eigenvalue weighted by Gasteiger charge is 2.06. The first kappa shape index (κ1) is 12.6. The first-order valence-corrected chi connectivity index (χ1v) is 4.26. The molecule has 0 heterocycles. The van der Waals surface area contributed by atoms with E-state index in [-0.39, 0.29) is 18.6 Å². The van der Waals surface area contributed by atoms with Gasteiger partial charge in [-0.25, -0.2) is 4.79 Å². The van der Waals surface area contributed by atoms with Gasteiger partial charge in [0.1, 0.15) is 13.2 Å². The molecule has 5 nitrogen and oxygen atoms in total. The van der Waals surface area contributed by atoms with E-state index in [0.717, 1.165) is 0 Å².